The number of benzene rings is 1. The average Bonchev–Trinajstić information content (AvgIpc) is 3.23. The summed E-state index contributed by atoms with van der Waals surface area (Å²) in [6.45, 7) is 7.26. The average molecular weight is 441 g/mol. The quantitative estimate of drug-likeness (QED) is 0.395. The van der Waals surface area contributed by atoms with E-state index in [9.17, 15) is 4.79 Å². The summed E-state index contributed by atoms with van der Waals surface area (Å²) in [6.07, 6.45) is 6.53. The number of carbonyl (C=O) groups excluding carboxylic acids is 1. The minimum atomic E-state index is -0.241. The molecule has 4 aromatic rings. The van der Waals surface area contributed by atoms with Crippen LogP contribution in [0.2, 0.25) is 0 Å². The van der Waals surface area contributed by atoms with Gasteiger partial charge in [-0.2, -0.15) is 0 Å². The molecule has 0 fully saturated rings. The van der Waals surface area contributed by atoms with Gasteiger partial charge in [0.2, 0.25) is 0 Å². The van der Waals surface area contributed by atoms with Crippen molar-refractivity contribution in [2.75, 3.05) is 18.4 Å². The standard InChI is InChI=1S/C26H28N6O/c1-26(2,3)31-25(33)32-13-9-17(10-14-32)23-16-20-22(8-12-28-24(20)30-23)29-19-6-7-21-18(15-19)5-4-11-27-21/h4-9,11-12,15-16H,10,13-14H2,1-3H3,(H,31,33)(H2,28,29,30). The van der Waals surface area contributed by atoms with Gasteiger partial charge in [0.1, 0.15) is 5.65 Å². The van der Waals surface area contributed by atoms with Crippen LogP contribution in [0.25, 0.3) is 27.5 Å². The molecule has 7 heteroatoms. The molecule has 0 spiro atoms. The Labute approximate surface area is 192 Å². The van der Waals surface area contributed by atoms with Crippen LogP contribution in [0.5, 0.6) is 0 Å². The van der Waals surface area contributed by atoms with Crippen LogP contribution in [0.15, 0.2) is 60.9 Å². The summed E-state index contributed by atoms with van der Waals surface area (Å²) in [4.78, 5) is 26.7. The van der Waals surface area contributed by atoms with Gasteiger partial charge in [-0.1, -0.05) is 12.1 Å². The highest BCUT2D eigenvalue weighted by Gasteiger charge is 2.22. The molecule has 0 saturated heterocycles. The molecule has 168 valence electrons. The van der Waals surface area contributed by atoms with Gasteiger partial charge in [0, 0.05) is 53.2 Å². The van der Waals surface area contributed by atoms with Crippen molar-refractivity contribution in [2.24, 2.45) is 0 Å². The summed E-state index contributed by atoms with van der Waals surface area (Å²) in [6, 6.07) is 14.3. The number of nitrogens with zero attached hydrogens (tertiary/aromatic N) is 3. The van der Waals surface area contributed by atoms with E-state index in [2.05, 4.69) is 49.9 Å². The fourth-order valence-electron chi connectivity index (χ4n) is 4.12. The zero-order chi connectivity index (χ0) is 23.0. The highest BCUT2D eigenvalue weighted by molar-refractivity contribution is 5.95. The molecule has 1 aliphatic heterocycles. The van der Waals surface area contributed by atoms with Gasteiger partial charge in [-0.3, -0.25) is 4.98 Å². The van der Waals surface area contributed by atoms with E-state index >= 15 is 0 Å². The summed E-state index contributed by atoms with van der Waals surface area (Å²) in [5.74, 6) is 0. The van der Waals surface area contributed by atoms with Crippen LogP contribution in [-0.2, 0) is 0 Å². The first-order chi connectivity index (χ1) is 15.9. The van der Waals surface area contributed by atoms with Crippen molar-refractivity contribution in [1.29, 1.82) is 0 Å². The Morgan fingerprint density at radius 3 is 2.76 bits per heavy atom. The minimum Gasteiger partial charge on any atom is -0.355 e. The van der Waals surface area contributed by atoms with Crippen molar-refractivity contribution in [3.8, 4) is 0 Å². The van der Waals surface area contributed by atoms with Crippen molar-refractivity contribution in [3.63, 3.8) is 0 Å². The van der Waals surface area contributed by atoms with Crippen molar-refractivity contribution in [1.82, 2.24) is 25.2 Å². The van der Waals surface area contributed by atoms with E-state index < -0.39 is 0 Å². The molecule has 0 unspecified atom stereocenters. The van der Waals surface area contributed by atoms with Gasteiger partial charge in [0.05, 0.1) is 11.2 Å². The van der Waals surface area contributed by atoms with Gasteiger partial charge in [-0.05, 0) is 69.2 Å². The molecule has 0 atom stereocenters. The second kappa shape index (κ2) is 8.24. The van der Waals surface area contributed by atoms with Gasteiger partial charge in [0.25, 0.3) is 0 Å². The third-order valence-corrected chi connectivity index (χ3v) is 5.74. The number of pyridine rings is 2. The van der Waals surface area contributed by atoms with E-state index in [-0.39, 0.29) is 11.6 Å². The Balaban J connectivity index is 1.37. The van der Waals surface area contributed by atoms with Gasteiger partial charge in [-0.15, -0.1) is 0 Å². The van der Waals surface area contributed by atoms with E-state index in [1.165, 1.54) is 5.57 Å². The number of aromatic amines is 1. The third kappa shape index (κ3) is 4.53. The smallest absolute Gasteiger partial charge is 0.318 e. The number of amides is 2. The van der Waals surface area contributed by atoms with E-state index in [0.29, 0.717) is 13.1 Å². The molecule has 3 N–H and O–H groups in total. The molecular formula is C26H28N6O. The molecule has 7 nitrogen and oxygen atoms in total. The number of carbonyl (C=O) groups is 1. The molecule has 4 heterocycles. The zero-order valence-electron chi connectivity index (χ0n) is 19.1. The van der Waals surface area contributed by atoms with Crippen LogP contribution >= 0.6 is 0 Å². The Morgan fingerprint density at radius 1 is 1.09 bits per heavy atom. The molecule has 0 aliphatic carbocycles. The van der Waals surface area contributed by atoms with Crippen LogP contribution < -0.4 is 10.6 Å². The number of aromatic nitrogens is 3. The van der Waals surface area contributed by atoms with Crippen molar-refractivity contribution >= 4 is 44.9 Å². The first-order valence-electron chi connectivity index (χ1n) is 11.2. The van der Waals surface area contributed by atoms with E-state index in [1.54, 1.807) is 12.4 Å². The number of hydrogen-bond acceptors (Lipinski definition) is 4. The van der Waals surface area contributed by atoms with E-state index in [1.807, 2.05) is 49.9 Å². The highest BCUT2D eigenvalue weighted by atomic mass is 16.2. The predicted molar refractivity (Wildman–Crippen MR) is 134 cm³/mol. The number of anilines is 2. The van der Waals surface area contributed by atoms with Crippen molar-refractivity contribution in [3.05, 3.63) is 66.6 Å². The Kier molecular flexibility index (Phi) is 5.24. The Bertz CT molecular complexity index is 1360. The number of hydrogen-bond donors (Lipinski definition) is 3. The summed E-state index contributed by atoms with van der Waals surface area (Å²) < 4.78 is 0. The van der Waals surface area contributed by atoms with Crippen molar-refractivity contribution in [2.45, 2.75) is 32.7 Å². The minimum absolute atomic E-state index is 0.0202. The lowest BCUT2D eigenvalue weighted by Gasteiger charge is -2.30. The lowest BCUT2D eigenvalue weighted by molar-refractivity contribution is 0.193. The summed E-state index contributed by atoms with van der Waals surface area (Å²) in [7, 11) is 0. The molecule has 33 heavy (non-hydrogen) atoms. The normalized spacial score (nSPS) is 14.4. The molecule has 0 radical (unpaired) electrons. The number of fused-ring (bicyclic) bond motifs is 2. The monoisotopic (exact) mass is 440 g/mol. The first kappa shape index (κ1) is 21.0. The SMILES string of the molecule is CC(C)(C)NC(=O)N1CC=C(c2cc3c(Nc4ccc5ncccc5c4)ccnc3[nH]2)CC1. The van der Waals surface area contributed by atoms with Gasteiger partial charge < -0.3 is 20.5 Å². The maximum Gasteiger partial charge on any atom is 0.318 e. The van der Waals surface area contributed by atoms with Gasteiger partial charge >= 0.3 is 6.03 Å². The van der Waals surface area contributed by atoms with Crippen LogP contribution in [-0.4, -0.2) is 44.5 Å². The molecule has 1 aliphatic rings. The van der Waals surface area contributed by atoms with Gasteiger partial charge in [-0.25, -0.2) is 9.78 Å². The lowest BCUT2D eigenvalue weighted by atomic mass is 10.0. The van der Waals surface area contributed by atoms with E-state index in [4.69, 9.17) is 0 Å². The Hall–Kier alpha value is -3.87. The molecular weight excluding hydrogens is 412 g/mol. The molecule has 0 saturated carbocycles. The predicted octanol–water partition coefficient (Wildman–Crippen LogP) is 5.45. The molecule has 5 rings (SSSR count). The second-order valence-corrected chi connectivity index (χ2v) is 9.45. The topological polar surface area (TPSA) is 85.9 Å². The molecule has 2 amide bonds. The highest BCUT2D eigenvalue weighted by Crippen LogP contribution is 2.31. The fourth-order valence-corrected chi connectivity index (χ4v) is 4.12. The van der Waals surface area contributed by atoms with E-state index in [0.717, 1.165) is 45.4 Å². The third-order valence-electron chi connectivity index (χ3n) is 5.74. The van der Waals surface area contributed by atoms with Crippen LogP contribution in [0.3, 0.4) is 0 Å². The largest absolute Gasteiger partial charge is 0.355 e. The summed E-state index contributed by atoms with van der Waals surface area (Å²) >= 11 is 0. The maximum atomic E-state index is 12.5. The molecule has 0 bridgehead atoms. The number of rotatable bonds is 3. The summed E-state index contributed by atoms with van der Waals surface area (Å²) in [5, 5.41) is 8.69. The van der Waals surface area contributed by atoms with Crippen LogP contribution in [0.4, 0.5) is 16.2 Å². The zero-order valence-corrected chi connectivity index (χ0v) is 19.1. The second-order valence-electron chi connectivity index (χ2n) is 9.45. The number of nitrogens with one attached hydrogen (secondary N) is 3. The lowest BCUT2D eigenvalue weighted by Crippen LogP contribution is -2.49. The first-order valence-corrected chi connectivity index (χ1v) is 11.2. The Morgan fingerprint density at radius 2 is 1.97 bits per heavy atom. The number of H-pyrrole nitrogens is 1. The molecule has 3 aromatic heterocycles. The fraction of sp³-hybridized carbons (Fsp3) is 0.269. The molecule has 1 aromatic carbocycles. The van der Waals surface area contributed by atoms with Crippen LogP contribution in [0.1, 0.15) is 32.9 Å². The van der Waals surface area contributed by atoms with Crippen molar-refractivity contribution < 1.29 is 4.79 Å². The summed E-state index contributed by atoms with van der Waals surface area (Å²) in [5.41, 5.74) is 5.82. The van der Waals surface area contributed by atoms with Crippen LogP contribution in [0, 0.1) is 0 Å². The van der Waals surface area contributed by atoms with Gasteiger partial charge in [0.15, 0.2) is 0 Å². The maximum absolute atomic E-state index is 12.5. The number of urea groups is 1.